The Balaban J connectivity index is 1.77. The molecular formula is C21H23N2O5S+. The molecule has 0 radical (unpaired) electrons. The van der Waals surface area contributed by atoms with Crippen molar-refractivity contribution in [3.63, 3.8) is 0 Å². The van der Waals surface area contributed by atoms with Crippen molar-refractivity contribution in [2.45, 2.75) is 25.4 Å². The number of quaternary nitrogens is 1. The van der Waals surface area contributed by atoms with Crippen LogP contribution in [0.5, 0.6) is 5.75 Å². The van der Waals surface area contributed by atoms with Crippen molar-refractivity contribution in [2.75, 3.05) is 18.6 Å². The van der Waals surface area contributed by atoms with E-state index >= 15 is 0 Å². The largest absolute Gasteiger partial charge is 0.497 e. The number of nitrogens with two attached hydrogens (primary N) is 1. The molecule has 2 aromatic rings. The quantitative estimate of drug-likeness (QED) is 0.591. The summed E-state index contributed by atoms with van der Waals surface area (Å²) in [5, 5.41) is 3.77. The lowest BCUT2D eigenvalue weighted by molar-refractivity contribution is -0.730. The molecule has 0 saturated carbocycles. The first kappa shape index (κ1) is 19.6. The fraction of sp³-hybridized carbons (Fsp3) is 0.381. The SMILES string of the molecule is CCOC(=O)[C@@]1(C)[NH2+][C@@H](c2cccs2)[C@H]2C(=O)N(c3ccc(OC)cc3)C(=O)[C@@H]21. The first-order valence-corrected chi connectivity index (χ1v) is 10.4. The number of nitrogens with zero attached hydrogens (tertiary/aromatic N) is 1. The number of carbonyl (C=O) groups is 3. The van der Waals surface area contributed by atoms with Gasteiger partial charge in [-0.05, 0) is 42.6 Å². The van der Waals surface area contributed by atoms with Gasteiger partial charge in [-0.15, -0.1) is 11.3 Å². The molecule has 4 rings (SSSR count). The maximum absolute atomic E-state index is 13.4. The van der Waals surface area contributed by atoms with Crippen LogP contribution in [-0.4, -0.2) is 37.0 Å². The van der Waals surface area contributed by atoms with Gasteiger partial charge in [0.2, 0.25) is 17.4 Å². The van der Waals surface area contributed by atoms with Gasteiger partial charge in [0.05, 0.1) is 24.3 Å². The summed E-state index contributed by atoms with van der Waals surface area (Å²) in [7, 11) is 1.55. The topological polar surface area (TPSA) is 89.5 Å². The van der Waals surface area contributed by atoms with E-state index in [-0.39, 0.29) is 24.5 Å². The minimum atomic E-state index is -1.16. The van der Waals surface area contributed by atoms with Gasteiger partial charge < -0.3 is 14.8 Å². The fourth-order valence-electron chi connectivity index (χ4n) is 4.47. The predicted octanol–water partition coefficient (Wildman–Crippen LogP) is 1.50. The number of ether oxygens (including phenoxy) is 2. The Hall–Kier alpha value is -2.71. The number of methoxy groups -OCH3 is 1. The van der Waals surface area contributed by atoms with E-state index in [1.165, 1.54) is 16.2 Å². The number of amides is 2. The van der Waals surface area contributed by atoms with Crippen LogP contribution in [-0.2, 0) is 19.1 Å². The lowest BCUT2D eigenvalue weighted by Crippen LogP contribution is -2.97. The molecule has 1 aromatic heterocycles. The maximum atomic E-state index is 13.4. The maximum Gasteiger partial charge on any atom is 0.368 e. The Bertz CT molecular complexity index is 942. The minimum absolute atomic E-state index is 0.216. The molecule has 8 heteroatoms. The van der Waals surface area contributed by atoms with Crippen LogP contribution in [0.3, 0.4) is 0 Å². The van der Waals surface area contributed by atoms with Crippen molar-refractivity contribution in [3.05, 3.63) is 46.7 Å². The first-order valence-electron chi connectivity index (χ1n) is 9.51. The molecule has 2 aliphatic rings. The fourth-order valence-corrected chi connectivity index (χ4v) is 5.31. The summed E-state index contributed by atoms with van der Waals surface area (Å²) in [6.07, 6.45) is 0. The van der Waals surface area contributed by atoms with Gasteiger partial charge in [0.15, 0.2) is 0 Å². The van der Waals surface area contributed by atoms with Crippen LogP contribution in [0.15, 0.2) is 41.8 Å². The van der Waals surface area contributed by atoms with Gasteiger partial charge in [-0.25, -0.2) is 9.69 Å². The molecular weight excluding hydrogens is 392 g/mol. The molecule has 2 amide bonds. The average molecular weight is 415 g/mol. The number of rotatable bonds is 5. The van der Waals surface area contributed by atoms with Gasteiger partial charge in [0.1, 0.15) is 23.6 Å². The molecule has 0 spiro atoms. The monoisotopic (exact) mass is 415 g/mol. The second kappa shape index (κ2) is 7.27. The Kier molecular flexibility index (Phi) is 4.92. The molecule has 7 nitrogen and oxygen atoms in total. The Morgan fingerprint density at radius 2 is 1.93 bits per heavy atom. The molecule has 1 aromatic carbocycles. The number of imide groups is 1. The highest BCUT2D eigenvalue weighted by atomic mass is 32.1. The van der Waals surface area contributed by atoms with Crippen molar-refractivity contribution in [1.82, 2.24) is 0 Å². The first-order chi connectivity index (χ1) is 13.9. The van der Waals surface area contributed by atoms with E-state index in [0.29, 0.717) is 11.4 Å². The summed E-state index contributed by atoms with van der Waals surface area (Å²) in [4.78, 5) is 41.9. The normalized spacial score (nSPS) is 28.5. The number of thiophene rings is 1. The molecule has 0 bridgehead atoms. The lowest BCUT2D eigenvalue weighted by Gasteiger charge is -2.26. The van der Waals surface area contributed by atoms with Crippen molar-refractivity contribution in [2.24, 2.45) is 11.8 Å². The second-order valence-corrected chi connectivity index (χ2v) is 8.40. The van der Waals surface area contributed by atoms with Crippen LogP contribution in [0, 0.1) is 11.8 Å². The average Bonchev–Trinajstić information content (AvgIpc) is 3.40. The summed E-state index contributed by atoms with van der Waals surface area (Å²) in [5.41, 5.74) is -0.685. The lowest BCUT2D eigenvalue weighted by atomic mass is 9.81. The van der Waals surface area contributed by atoms with E-state index in [9.17, 15) is 14.4 Å². The van der Waals surface area contributed by atoms with E-state index in [1.807, 2.05) is 22.8 Å². The molecule has 0 unspecified atom stereocenters. The van der Waals surface area contributed by atoms with E-state index in [4.69, 9.17) is 9.47 Å². The van der Waals surface area contributed by atoms with Crippen molar-refractivity contribution >= 4 is 34.8 Å². The molecule has 152 valence electrons. The van der Waals surface area contributed by atoms with E-state index in [1.54, 1.807) is 45.2 Å². The van der Waals surface area contributed by atoms with E-state index < -0.39 is 23.3 Å². The molecule has 4 atom stereocenters. The molecule has 29 heavy (non-hydrogen) atoms. The molecule has 3 heterocycles. The highest BCUT2D eigenvalue weighted by Gasteiger charge is 2.71. The summed E-state index contributed by atoms with van der Waals surface area (Å²) in [6, 6.07) is 10.3. The van der Waals surface area contributed by atoms with Gasteiger partial charge in [0, 0.05) is 6.92 Å². The number of fused-ring (bicyclic) bond motifs is 1. The van der Waals surface area contributed by atoms with Gasteiger partial charge in [-0.1, -0.05) is 6.07 Å². The van der Waals surface area contributed by atoms with Gasteiger partial charge in [-0.2, -0.15) is 0 Å². The Morgan fingerprint density at radius 1 is 1.21 bits per heavy atom. The number of anilines is 1. The number of hydrogen-bond acceptors (Lipinski definition) is 6. The molecule has 2 aliphatic heterocycles. The number of carbonyl (C=O) groups excluding carboxylic acids is 3. The Morgan fingerprint density at radius 3 is 2.52 bits per heavy atom. The Labute approximate surface area is 172 Å². The number of benzene rings is 1. The highest BCUT2D eigenvalue weighted by molar-refractivity contribution is 7.10. The second-order valence-electron chi connectivity index (χ2n) is 7.42. The summed E-state index contributed by atoms with van der Waals surface area (Å²) in [5.74, 6) is -1.90. The summed E-state index contributed by atoms with van der Waals surface area (Å²) < 4.78 is 10.5. The smallest absolute Gasteiger partial charge is 0.368 e. The van der Waals surface area contributed by atoms with Gasteiger partial charge >= 0.3 is 5.97 Å². The van der Waals surface area contributed by atoms with E-state index in [2.05, 4.69) is 0 Å². The van der Waals surface area contributed by atoms with Gasteiger partial charge in [-0.3, -0.25) is 9.59 Å². The van der Waals surface area contributed by atoms with Crippen molar-refractivity contribution in [1.29, 1.82) is 0 Å². The molecule has 2 fully saturated rings. The molecule has 2 N–H and O–H groups in total. The third-order valence-corrected chi connectivity index (χ3v) is 6.80. The minimum Gasteiger partial charge on any atom is -0.497 e. The van der Waals surface area contributed by atoms with Crippen LogP contribution < -0.4 is 15.0 Å². The molecule has 2 saturated heterocycles. The van der Waals surface area contributed by atoms with E-state index in [0.717, 1.165) is 4.88 Å². The van der Waals surface area contributed by atoms with Crippen LogP contribution in [0.1, 0.15) is 24.8 Å². The third kappa shape index (κ3) is 2.94. The highest BCUT2D eigenvalue weighted by Crippen LogP contribution is 2.46. The number of hydrogen-bond donors (Lipinski definition) is 1. The van der Waals surface area contributed by atoms with Gasteiger partial charge in [0.25, 0.3) is 0 Å². The summed E-state index contributed by atoms with van der Waals surface area (Å²) >= 11 is 1.52. The zero-order valence-electron chi connectivity index (χ0n) is 16.5. The van der Waals surface area contributed by atoms with Crippen LogP contribution in [0.2, 0.25) is 0 Å². The zero-order valence-corrected chi connectivity index (χ0v) is 17.3. The predicted molar refractivity (Wildman–Crippen MR) is 106 cm³/mol. The zero-order chi connectivity index (χ0) is 20.8. The molecule has 0 aliphatic carbocycles. The summed E-state index contributed by atoms with van der Waals surface area (Å²) in [6.45, 7) is 3.66. The van der Waals surface area contributed by atoms with Crippen LogP contribution in [0.4, 0.5) is 5.69 Å². The number of esters is 1. The third-order valence-electron chi connectivity index (χ3n) is 5.83. The van der Waals surface area contributed by atoms with Crippen LogP contribution >= 0.6 is 11.3 Å². The van der Waals surface area contributed by atoms with Crippen molar-refractivity contribution < 1.29 is 29.2 Å². The van der Waals surface area contributed by atoms with Crippen molar-refractivity contribution in [3.8, 4) is 5.75 Å². The standard InChI is InChI=1S/C21H22N2O5S/c1-4-28-20(26)21(2)16-15(17(22-21)14-6-5-11-29-14)18(24)23(19(16)25)12-7-9-13(27-3)10-8-12/h5-11,15-17,22H,4H2,1-3H3/p+1/t15-,16+,17-,21-/m0/s1. The van der Waals surface area contributed by atoms with Crippen LogP contribution in [0.25, 0.3) is 0 Å².